The van der Waals surface area contributed by atoms with Crippen LogP contribution < -0.4 is 10.6 Å². The molecule has 0 bridgehead atoms. The zero-order valence-electron chi connectivity index (χ0n) is 11.3. The highest BCUT2D eigenvalue weighted by Gasteiger charge is 2.32. The lowest BCUT2D eigenvalue weighted by Crippen LogP contribution is -2.46. The summed E-state index contributed by atoms with van der Waals surface area (Å²) in [5, 5.41) is 23.9. The first-order chi connectivity index (χ1) is 8.35. The first-order valence-electron chi connectivity index (χ1n) is 6.18. The monoisotopic (exact) mass is 260 g/mol. The highest BCUT2D eigenvalue weighted by molar-refractivity contribution is 5.82. The van der Waals surface area contributed by atoms with Gasteiger partial charge in [-0.1, -0.05) is 20.8 Å². The van der Waals surface area contributed by atoms with E-state index < -0.39 is 17.4 Å². The molecule has 1 atom stereocenters. The number of aliphatic hydroxyl groups excluding tert-OH is 2. The van der Waals surface area contributed by atoms with Crippen LogP contribution in [0.5, 0.6) is 0 Å². The van der Waals surface area contributed by atoms with Gasteiger partial charge >= 0.3 is 0 Å². The molecule has 106 valence electrons. The largest absolute Gasteiger partial charge is 0.396 e. The van der Waals surface area contributed by atoms with Crippen LogP contribution in [0.1, 0.15) is 33.6 Å². The Labute approximate surface area is 108 Å². The zero-order valence-corrected chi connectivity index (χ0v) is 11.3. The molecule has 6 nitrogen and oxygen atoms in total. The summed E-state index contributed by atoms with van der Waals surface area (Å²) < 4.78 is 0. The number of hydrogen-bond acceptors (Lipinski definition) is 4. The number of hydrogen-bond donors (Lipinski definition) is 4. The smallest absolute Gasteiger partial charge is 0.249 e. The van der Waals surface area contributed by atoms with Crippen molar-refractivity contribution in [1.82, 2.24) is 10.6 Å². The number of rotatable bonds is 8. The Bertz CT molecular complexity index is 279. The summed E-state index contributed by atoms with van der Waals surface area (Å²) in [6.45, 7) is 5.63. The Morgan fingerprint density at radius 1 is 1.22 bits per heavy atom. The van der Waals surface area contributed by atoms with Crippen molar-refractivity contribution in [2.24, 2.45) is 5.41 Å². The van der Waals surface area contributed by atoms with Crippen molar-refractivity contribution in [3.05, 3.63) is 0 Å². The Balaban J connectivity index is 3.94. The fraction of sp³-hybridized carbons (Fsp3) is 0.833. The van der Waals surface area contributed by atoms with E-state index in [4.69, 9.17) is 5.11 Å². The Morgan fingerprint density at radius 3 is 2.33 bits per heavy atom. The summed E-state index contributed by atoms with van der Waals surface area (Å²) in [7, 11) is 0. The molecule has 0 aromatic rings. The first kappa shape index (κ1) is 16.9. The van der Waals surface area contributed by atoms with Crippen LogP contribution in [0.15, 0.2) is 0 Å². The number of carbonyl (C=O) groups excluding carboxylic acids is 2. The van der Waals surface area contributed by atoms with E-state index >= 15 is 0 Å². The molecular weight excluding hydrogens is 236 g/mol. The number of carbonyl (C=O) groups is 2. The van der Waals surface area contributed by atoms with E-state index in [0.717, 1.165) is 6.42 Å². The lowest BCUT2D eigenvalue weighted by Gasteiger charge is -2.27. The average molecular weight is 260 g/mol. The van der Waals surface area contributed by atoms with Gasteiger partial charge in [-0.15, -0.1) is 0 Å². The third-order valence-corrected chi connectivity index (χ3v) is 2.62. The lowest BCUT2D eigenvalue weighted by molar-refractivity contribution is -0.137. The molecule has 0 spiro atoms. The maximum absolute atomic E-state index is 11.5. The molecule has 0 saturated carbocycles. The summed E-state index contributed by atoms with van der Waals surface area (Å²) >= 11 is 0. The molecule has 0 aromatic heterocycles. The second kappa shape index (κ2) is 8.05. The van der Waals surface area contributed by atoms with Crippen LogP contribution >= 0.6 is 0 Å². The van der Waals surface area contributed by atoms with Crippen LogP contribution in [-0.4, -0.2) is 47.8 Å². The van der Waals surface area contributed by atoms with Gasteiger partial charge in [-0.25, -0.2) is 0 Å². The molecule has 18 heavy (non-hydrogen) atoms. The fourth-order valence-corrected chi connectivity index (χ4v) is 1.19. The highest BCUT2D eigenvalue weighted by atomic mass is 16.3. The number of nitrogens with one attached hydrogen (secondary N) is 2. The van der Waals surface area contributed by atoms with E-state index in [9.17, 15) is 14.7 Å². The molecule has 6 heteroatoms. The van der Waals surface area contributed by atoms with Gasteiger partial charge in [0.05, 0.1) is 6.61 Å². The van der Waals surface area contributed by atoms with E-state index in [1.54, 1.807) is 13.8 Å². The molecule has 0 aliphatic heterocycles. The van der Waals surface area contributed by atoms with E-state index in [0.29, 0.717) is 6.54 Å². The lowest BCUT2D eigenvalue weighted by atomic mass is 9.87. The van der Waals surface area contributed by atoms with E-state index in [2.05, 4.69) is 10.6 Å². The van der Waals surface area contributed by atoms with Gasteiger partial charge in [0, 0.05) is 24.9 Å². The maximum Gasteiger partial charge on any atom is 0.249 e. The van der Waals surface area contributed by atoms with Gasteiger partial charge in [-0.3, -0.25) is 9.59 Å². The number of aliphatic hydroxyl groups is 2. The third-order valence-electron chi connectivity index (χ3n) is 2.62. The van der Waals surface area contributed by atoms with Crippen molar-refractivity contribution in [3.8, 4) is 0 Å². The topological polar surface area (TPSA) is 98.7 Å². The molecule has 0 heterocycles. The predicted molar refractivity (Wildman–Crippen MR) is 67.8 cm³/mol. The molecule has 0 aliphatic rings. The molecule has 0 rings (SSSR count). The second-order valence-electron chi connectivity index (χ2n) is 4.94. The zero-order chi connectivity index (χ0) is 14.2. The van der Waals surface area contributed by atoms with Crippen LogP contribution in [0.2, 0.25) is 0 Å². The van der Waals surface area contributed by atoms with E-state index in [1.807, 2.05) is 6.92 Å². The van der Waals surface area contributed by atoms with Gasteiger partial charge < -0.3 is 20.8 Å². The molecule has 0 unspecified atom stereocenters. The summed E-state index contributed by atoms with van der Waals surface area (Å²) in [4.78, 5) is 22.8. The Hall–Kier alpha value is -1.14. The molecule has 0 saturated heterocycles. The van der Waals surface area contributed by atoms with Crippen LogP contribution in [-0.2, 0) is 9.59 Å². The third kappa shape index (κ3) is 5.97. The van der Waals surface area contributed by atoms with Crippen molar-refractivity contribution < 1.29 is 19.8 Å². The molecular formula is C12H24N2O4. The van der Waals surface area contributed by atoms with Crippen molar-refractivity contribution in [2.75, 3.05) is 19.7 Å². The number of amides is 2. The summed E-state index contributed by atoms with van der Waals surface area (Å²) in [5.74, 6) is -0.703. The quantitative estimate of drug-likeness (QED) is 0.468. The summed E-state index contributed by atoms with van der Waals surface area (Å²) in [6, 6.07) is 0. The van der Waals surface area contributed by atoms with Crippen LogP contribution in [0.3, 0.4) is 0 Å². The van der Waals surface area contributed by atoms with Crippen molar-refractivity contribution >= 4 is 11.8 Å². The minimum absolute atomic E-state index is 0.131. The molecule has 0 aromatic carbocycles. The highest BCUT2D eigenvalue weighted by Crippen LogP contribution is 2.19. The molecule has 4 N–H and O–H groups in total. The molecule has 0 radical (unpaired) electrons. The van der Waals surface area contributed by atoms with Crippen LogP contribution in [0.25, 0.3) is 0 Å². The van der Waals surface area contributed by atoms with Crippen molar-refractivity contribution in [3.63, 3.8) is 0 Å². The maximum atomic E-state index is 11.5. The van der Waals surface area contributed by atoms with Gasteiger partial charge in [0.25, 0.3) is 0 Å². The standard InChI is InChI=1S/C12H24N2O4/c1-4-6-13-9(16)5-7-14-11(18)10(17)12(2,3)8-15/h10,15,17H,4-8H2,1-3H3,(H,13,16)(H,14,18)/t10-/m0/s1. The van der Waals surface area contributed by atoms with Gasteiger partial charge in [0.2, 0.25) is 11.8 Å². The van der Waals surface area contributed by atoms with Crippen LogP contribution in [0, 0.1) is 5.41 Å². The van der Waals surface area contributed by atoms with Crippen molar-refractivity contribution in [1.29, 1.82) is 0 Å². The Kier molecular flexibility index (Phi) is 7.54. The van der Waals surface area contributed by atoms with Crippen LogP contribution in [0.4, 0.5) is 0 Å². The second-order valence-corrected chi connectivity index (χ2v) is 4.94. The molecule has 0 fully saturated rings. The average Bonchev–Trinajstić information content (AvgIpc) is 2.35. The van der Waals surface area contributed by atoms with Gasteiger partial charge in [0.15, 0.2) is 0 Å². The minimum atomic E-state index is -1.29. The summed E-state index contributed by atoms with van der Waals surface area (Å²) in [5.41, 5.74) is -0.894. The Morgan fingerprint density at radius 2 is 1.83 bits per heavy atom. The first-order valence-corrected chi connectivity index (χ1v) is 6.18. The molecule has 0 aliphatic carbocycles. The normalized spacial score (nSPS) is 12.9. The minimum Gasteiger partial charge on any atom is -0.396 e. The fourth-order valence-electron chi connectivity index (χ4n) is 1.19. The van der Waals surface area contributed by atoms with Crippen molar-refractivity contribution in [2.45, 2.75) is 39.7 Å². The van der Waals surface area contributed by atoms with Gasteiger partial charge in [0.1, 0.15) is 6.10 Å². The van der Waals surface area contributed by atoms with Gasteiger partial charge in [-0.05, 0) is 6.42 Å². The summed E-state index contributed by atoms with van der Waals surface area (Å²) in [6.07, 6.45) is -0.249. The van der Waals surface area contributed by atoms with Gasteiger partial charge in [-0.2, -0.15) is 0 Å². The molecule has 2 amide bonds. The van der Waals surface area contributed by atoms with E-state index in [-0.39, 0.29) is 25.5 Å². The predicted octanol–water partition coefficient (Wildman–Crippen LogP) is -0.602. The SMILES string of the molecule is CCCNC(=O)CCNC(=O)[C@H](O)C(C)(C)CO. The van der Waals surface area contributed by atoms with E-state index in [1.165, 1.54) is 0 Å².